The second-order valence-electron chi connectivity index (χ2n) is 8.28. The lowest BCUT2D eigenvalue weighted by Crippen LogP contribution is -2.52. The van der Waals surface area contributed by atoms with Crippen molar-refractivity contribution in [1.82, 2.24) is 19.7 Å². The summed E-state index contributed by atoms with van der Waals surface area (Å²) < 4.78 is 33.1. The monoisotopic (exact) mass is 412 g/mol. The van der Waals surface area contributed by atoms with Crippen LogP contribution in [-0.2, 0) is 14.8 Å². The second-order valence-corrected chi connectivity index (χ2v) is 9.93. The molecule has 2 aliphatic rings. The van der Waals surface area contributed by atoms with E-state index in [2.05, 4.69) is 28.6 Å². The Balaban J connectivity index is 1.51. The maximum absolute atomic E-state index is 12.8. The molecule has 8 nitrogen and oxygen atoms in total. The molecule has 28 heavy (non-hydrogen) atoms. The molecular formula is C19H32N4O4S. The van der Waals surface area contributed by atoms with E-state index in [1.165, 1.54) is 0 Å². The molecule has 2 heterocycles. The third-order valence-electron chi connectivity index (χ3n) is 5.99. The number of nitrogens with one attached hydrogen (secondary N) is 1. The Kier molecular flexibility index (Phi) is 6.46. The summed E-state index contributed by atoms with van der Waals surface area (Å²) in [6.45, 7) is 11.0. The highest BCUT2D eigenvalue weighted by Crippen LogP contribution is 2.28. The van der Waals surface area contributed by atoms with Gasteiger partial charge in [-0.2, -0.15) is 0 Å². The first-order valence-corrected chi connectivity index (χ1v) is 11.7. The Labute approximate surface area is 167 Å². The van der Waals surface area contributed by atoms with Crippen LogP contribution in [0.5, 0.6) is 0 Å². The minimum Gasteiger partial charge on any atom is -0.360 e. The van der Waals surface area contributed by atoms with Crippen LogP contribution >= 0.6 is 0 Å². The Morgan fingerprint density at radius 2 is 1.71 bits per heavy atom. The van der Waals surface area contributed by atoms with Gasteiger partial charge in [0.1, 0.15) is 10.6 Å². The van der Waals surface area contributed by atoms with Gasteiger partial charge in [-0.1, -0.05) is 5.16 Å². The van der Waals surface area contributed by atoms with Gasteiger partial charge in [-0.05, 0) is 53.4 Å². The molecule has 158 valence electrons. The summed E-state index contributed by atoms with van der Waals surface area (Å²) in [5, 5.41) is 3.73. The van der Waals surface area contributed by atoms with Crippen molar-refractivity contribution in [3.63, 3.8) is 0 Å². The van der Waals surface area contributed by atoms with Crippen LogP contribution in [0, 0.1) is 19.8 Å². The normalized spacial score (nSPS) is 24.7. The number of aromatic nitrogens is 1. The number of rotatable bonds is 5. The molecule has 3 rings (SSSR count). The topological polar surface area (TPSA) is 95.8 Å². The van der Waals surface area contributed by atoms with Crippen molar-refractivity contribution >= 4 is 15.9 Å². The number of hydrogen-bond donors (Lipinski definition) is 1. The molecule has 1 aromatic rings. The van der Waals surface area contributed by atoms with Crippen LogP contribution in [0.2, 0.25) is 0 Å². The lowest BCUT2D eigenvalue weighted by Gasteiger charge is -2.39. The van der Waals surface area contributed by atoms with Gasteiger partial charge in [0.15, 0.2) is 5.76 Å². The summed E-state index contributed by atoms with van der Waals surface area (Å²) in [6.07, 6.45) is 2.78. The number of amides is 1. The average Bonchev–Trinajstić information content (AvgIpc) is 3.00. The van der Waals surface area contributed by atoms with E-state index in [-0.39, 0.29) is 22.8 Å². The maximum Gasteiger partial charge on any atom is 0.246 e. The zero-order valence-electron chi connectivity index (χ0n) is 17.3. The lowest BCUT2D eigenvalue weighted by molar-refractivity contribution is -0.138. The summed E-state index contributed by atoms with van der Waals surface area (Å²) in [7, 11) is -3.66. The summed E-state index contributed by atoms with van der Waals surface area (Å²) in [6, 6.07) is 0.360. The van der Waals surface area contributed by atoms with Crippen molar-refractivity contribution in [2.75, 3.05) is 26.2 Å². The molecule has 9 heteroatoms. The number of carbonyl (C=O) groups is 1. The molecule has 1 amide bonds. The molecule has 1 aromatic heterocycles. The minimum absolute atomic E-state index is 0.00502. The zero-order chi connectivity index (χ0) is 20.5. The fourth-order valence-corrected chi connectivity index (χ4v) is 5.95. The number of nitrogens with zero attached hydrogens (tertiary/aromatic N) is 3. The van der Waals surface area contributed by atoms with Crippen LogP contribution in [0.1, 0.15) is 51.0 Å². The van der Waals surface area contributed by atoms with Crippen molar-refractivity contribution in [2.24, 2.45) is 5.92 Å². The van der Waals surface area contributed by atoms with Crippen LogP contribution in [0.25, 0.3) is 0 Å². The molecule has 1 saturated carbocycles. The summed E-state index contributed by atoms with van der Waals surface area (Å²) >= 11 is 0. The van der Waals surface area contributed by atoms with Gasteiger partial charge in [-0.3, -0.25) is 9.69 Å². The van der Waals surface area contributed by atoms with Crippen LogP contribution in [0.4, 0.5) is 0 Å². The van der Waals surface area contributed by atoms with Gasteiger partial charge in [-0.15, -0.1) is 0 Å². The van der Waals surface area contributed by atoms with Crippen molar-refractivity contribution in [2.45, 2.75) is 70.4 Å². The molecule has 0 atom stereocenters. The van der Waals surface area contributed by atoms with Crippen LogP contribution in [0.3, 0.4) is 0 Å². The molecule has 1 N–H and O–H groups in total. The number of aryl methyl sites for hydroxylation is 2. The predicted octanol–water partition coefficient (Wildman–Crippen LogP) is 1.68. The van der Waals surface area contributed by atoms with E-state index in [0.29, 0.717) is 30.3 Å². The number of sulfonamides is 1. The summed E-state index contributed by atoms with van der Waals surface area (Å²) in [4.78, 5) is 17.4. The fourth-order valence-electron chi connectivity index (χ4n) is 4.31. The predicted molar refractivity (Wildman–Crippen MR) is 105 cm³/mol. The second kappa shape index (κ2) is 8.51. The van der Waals surface area contributed by atoms with Crippen molar-refractivity contribution < 1.29 is 17.7 Å². The standard InChI is InChI=1S/C19H32N4O4S/c1-13(2)22-9-11-23(12-10-22)19(24)16-5-7-17(8-6-16)21-28(25,26)18-14(3)20-27-15(18)4/h13,16-17,21H,5-12H2,1-4H3. The van der Waals surface area contributed by atoms with Crippen LogP contribution in [-0.4, -0.2) is 67.5 Å². The summed E-state index contributed by atoms with van der Waals surface area (Å²) in [5.74, 6) is 0.537. The molecule has 2 fully saturated rings. The van der Waals surface area contributed by atoms with E-state index < -0.39 is 10.0 Å². The van der Waals surface area contributed by atoms with E-state index in [1.54, 1.807) is 13.8 Å². The first-order chi connectivity index (χ1) is 13.2. The van der Waals surface area contributed by atoms with Gasteiger partial charge >= 0.3 is 0 Å². The van der Waals surface area contributed by atoms with Gasteiger partial charge in [0, 0.05) is 44.2 Å². The first kappa shape index (κ1) is 21.3. The Morgan fingerprint density at radius 1 is 1.11 bits per heavy atom. The SMILES string of the molecule is Cc1noc(C)c1S(=O)(=O)NC1CCC(C(=O)N2CCN(C(C)C)CC2)CC1. The van der Waals surface area contributed by atoms with Crippen LogP contribution < -0.4 is 4.72 Å². The molecule has 0 unspecified atom stereocenters. The number of hydrogen-bond acceptors (Lipinski definition) is 6. The molecule has 1 aliphatic carbocycles. The van der Waals surface area contributed by atoms with Gasteiger partial charge < -0.3 is 9.42 Å². The molecule has 1 saturated heterocycles. The largest absolute Gasteiger partial charge is 0.360 e. The van der Waals surface area contributed by atoms with E-state index in [0.717, 1.165) is 39.0 Å². The van der Waals surface area contributed by atoms with Crippen molar-refractivity contribution in [3.8, 4) is 0 Å². The molecule has 0 spiro atoms. The Hall–Kier alpha value is -1.45. The number of carbonyl (C=O) groups excluding carboxylic acids is 1. The van der Waals surface area contributed by atoms with E-state index in [1.807, 2.05) is 4.90 Å². The summed E-state index contributed by atoms with van der Waals surface area (Å²) in [5.41, 5.74) is 0.370. The third kappa shape index (κ3) is 4.58. The molecule has 0 bridgehead atoms. The highest BCUT2D eigenvalue weighted by Gasteiger charge is 2.34. The maximum atomic E-state index is 12.8. The van der Waals surface area contributed by atoms with Crippen LogP contribution in [0.15, 0.2) is 9.42 Å². The molecular weight excluding hydrogens is 380 g/mol. The van der Waals surface area contributed by atoms with Gasteiger partial charge in [-0.25, -0.2) is 13.1 Å². The highest BCUT2D eigenvalue weighted by molar-refractivity contribution is 7.89. The van der Waals surface area contributed by atoms with E-state index in [9.17, 15) is 13.2 Å². The average molecular weight is 413 g/mol. The number of piperazine rings is 1. The van der Waals surface area contributed by atoms with Gasteiger partial charge in [0.05, 0.1) is 0 Å². The zero-order valence-corrected chi connectivity index (χ0v) is 18.1. The fraction of sp³-hybridized carbons (Fsp3) is 0.789. The highest BCUT2D eigenvalue weighted by atomic mass is 32.2. The molecule has 0 radical (unpaired) electrons. The quantitative estimate of drug-likeness (QED) is 0.791. The van der Waals surface area contributed by atoms with Gasteiger partial charge in [0.2, 0.25) is 15.9 Å². The van der Waals surface area contributed by atoms with E-state index in [4.69, 9.17) is 4.52 Å². The smallest absolute Gasteiger partial charge is 0.246 e. The minimum atomic E-state index is -3.66. The Bertz CT molecular complexity index is 769. The van der Waals surface area contributed by atoms with E-state index >= 15 is 0 Å². The van der Waals surface area contributed by atoms with Gasteiger partial charge in [0.25, 0.3) is 0 Å². The lowest BCUT2D eigenvalue weighted by atomic mass is 9.85. The molecule has 1 aliphatic heterocycles. The Morgan fingerprint density at radius 3 is 2.21 bits per heavy atom. The molecule has 0 aromatic carbocycles. The first-order valence-electron chi connectivity index (χ1n) is 10.2. The van der Waals surface area contributed by atoms with Crippen molar-refractivity contribution in [1.29, 1.82) is 0 Å². The van der Waals surface area contributed by atoms with Crippen molar-refractivity contribution in [3.05, 3.63) is 11.5 Å². The third-order valence-corrected chi connectivity index (χ3v) is 7.76.